The summed E-state index contributed by atoms with van der Waals surface area (Å²) in [6, 6.07) is 6.45. The van der Waals surface area contributed by atoms with E-state index in [9.17, 15) is 14.3 Å². The molecule has 4 rings (SSSR count). The Kier molecular flexibility index (Phi) is 6.88. The number of rotatable bonds is 6. The van der Waals surface area contributed by atoms with E-state index in [-0.39, 0.29) is 23.2 Å². The Morgan fingerprint density at radius 1 is 1.06 bits per heavy atom. The molecule has 0 atom stereocenters. The van der Waals surface area contributed by atoms with Crippen LogP contribution in [0, 0.1) is 26.6 Å². The van der Waals surface area contributed by atoms with Gasteiger partial charge in [0.15, 0.2) is 5.82 Å². The summed E-state index contributed by atoms with van der Waals surface area (Å²) in [6.45, 7) is 8.56. The van der Waals surface area contributed by atoms with E-state index in [1.54, 1.807) is 58.3 Å². The quantitative estimate of drug-likeness (QED) is 0.405. The minimum absolute atomic E-state index is 0.0322. The van der Waals surface area contributed by atoms with E-state index in [0.717, 1.165) is 11.8 Å². The van der Waals surface area contributed by atoms with Crippen molar-refractivity contribution in [2.45, 2.75) is 46.8 Å². The van der Waals surface area contributed by atoms with Crippen molar-refractivity contribution >= 4 is 11.6 Å². The molecule has 0 aliphatic carbocycles. The molecule has 8 nitrogen and oxygen atoms in total. The molecule has 0 aromatic carbocycles. The molecule has 4 heterocycles. The molecule has 4 aromatic rings. The molecule has 186 valence electrons. The number of pyridine rings is 3. The molecule has 1 N–H and O–H groups in total. The van der Waals surface area contributed by atoms with E-state index in [1.807, 2.05) is 6.92 Å². The Balaban J connectivity index is 1.72. The van der Waals surface area contributed by atoms with E-state index in [0.29, 0.717) is 34.0 Å². The zero-order valence-corrected chi connectivity index (χ0v) is 21.3. The number of ether oxygens (including phenoxy) is 1. The third-order valence-electron chi connectivity index (χ3n) is 5.60. The van der Waals surface area contributed by atoms with Gasteiger partial charge in [0.2, 0.25) is 0 Å². The number of hydrogen-bond acceptors (Lipinski definition) is 7. The maximum Gasteiger partial charge on any atom is 0.277 e. The first kappa shape index (κ1) is 25.4. The Hall–Kier alpha value is -3.69. The van der Waals surface area contributed by atoms with Crippen molar-refractivity contribution in [1.29, 1.82) is 0 Å². The number of aliphatic hydroxyl groups is 1. The second-order valence-electron chi connectivity index (χ2n) is 8.99. The summed E-state index contributed by atoms with van der Waals surface area (Å²) in [6.07, 6.45) is 4.31. The van der Waals surface area contributed by atoms with Crippen LogP contribution in [0.1, 0.15) is 42.2 Å². The molecule has 4 aromatic heterocycles. The standard InChI is InChI=1S/C26H25ClFN5O3/c1-14-8-17(28)12-31-20(14)13-36-22-9-16(3)33(24(34)23(22)27)21-10-19(30-11-15(21)2)18-6-7-29-25(32-18)26(4,5)35/h6-12,35H,13H2,1-5H3. The van der Waals surface area contributed by atoms with Crippen molar-refractivity contribution in [3.05, 3.63) is 92.4 Å². The first-order valence-electron chi connectivity index (χ1n) is 11.1. The van der Waals surface area contributed by atoms with Crippen LogP contribution >= 0.6 is 11.6 Å². The average Bonchev–Trinajstić information content (AvgIpc) is 2.82. The Labute approximate surface area is 212 Å². The number of nitrogens with zero attached hydrogens (tertiary/aromatic N) is 5. The summed E-state index contributed by atoms with van der Waals surface area (Å²) in [4.78, 5) is 30.4. The topological polar surface area (TPSA) is 103 Å². The number of aromatic nitrogens is 5. The molecule has 36 heavy (non-hydrogen) atoms. The van der Waals surface area contributed by atoms with Crippen LogP contribution in [0.15, 0.2) is 47.7 Å². The summed E-state index contributed by atoms with van der Waals surface area (Å²) in [5, 5.41) is 10.2. The molecule has 0 unspecified atom stereocenters. The second kappa shape index (κ2) is 9.75. The van der Waals surface area contributed by atoms with Gasteiger partial charge in [-0.1, -0.05) is 11.6 Å². The fourth-order valence-electron chi connectivity index (χ4n) is 3.64. The molecule has 0 saturated heterocycles. The minimum Gasteiger partial charge on any atom is -0.485 e. The van der Waals surface area contributed by atoms with Gasteiger partial charge in [-0.3, -0.25) is 19.3 Å². The summed E-state index contributed by atoms with van der Waals surface area (Å²) in [7, 11) is 0. The van der Waals surface area contributed by atoms with Crippen LogP contribution in [0.4, 0.5) is 4.39 Å². The predicted octanol–water partition coefficient (Wildman–Crippen LogP) is 4.61. The summed E-state index contributed by atoms with van der Waals surface area (Å²) < 4.78 is 20.6. The maximum absolute atomic E-state index is 13.3. The molecule has 10 heteroatoms. The van der Waals surface area contributed by atoms with Crippen LogP contribution in [-0.4, -0.2) is 29.6 Å². The fraction of sp³-hybridized carbons (Fsp3) is 0.269. The van der Waals surface area contributed by atoms with Gasteiger partial charge in [-0.15, -0.1) is 0 Å². The van der Waals surface area contributed by atoms with E-state index in [1.165, 1.54) is 10.6 Å². The normalized spacial score (nSPS) is 11.6. The minimum atomic E-state index is -1.22. The fourth-order valence-corrected chi connectivity index (χ4v) is 3.84. The first-order chi connectivity index (χ1) is 17.0. The lowest BCUT2D eigenvalue weighted by Crippen LogP contribution is -2.23. The van der Waals surface area contributed by atoms with Crippen LogP contribution in [0.25, 0.3) is 17.1 Å². The first-order valence-corrected chi connectivity index (χ1v) is 11.5. The van der Waals surface area contributed by atoms with E-state index >= 15 is 0 Å². The van der Waals surface area contributed by atoms with Crippen LogP contribution in [0.5, 0.6) is 5.75 Å². The van der Waals surface area contributed by atoms with E-state index in [4.69, 9.17) is 16.3 Å². The van der Waals surface area contributed by atoms with Gasteiger partial charge >= 0.3 is 0 Å². The number of hydrogen-bond donors (Lipinski definition) is 1. The molecule has 0 bridgehead atoms. The summed E-state index contributed by atoms with van der Waals surface area (Å²) in [5.41, 5.74) is 2.41. The molecule has 0 amide bonds. The van der Waals surface area contributed by atoms with Crippen molar-refractivity contribution in [2.24, 2.45) is 0 Å². The molecule has 0 radical (unpaired) electrons. The van der Waals surface area contributed by atoms with Crippen molar-refractivity contribution in [3.8, 4) is 22.8 Å². The third kappa shape index (κ3) is 5.12. The van der Waals surface area contributed by atoms with Crippen molar-refractivity contribution in [3.63, 3.8) is 0 Å². The Morgan fingerprint density at radius 2 is 1.81 bits per heavy atom. The van der Waals surface area contributed by atoms with Crippen LogP contribution in [0.2, 0.25) is 5.02 Å². The van der Waals surface area contributed by atoms with Gasteiger partial charge in [0.1, 0.15) is 28.8 Å². The molecule has 0 aliphatic heterocycles. The van der Waals surface area contributed by atoms with Crippen molar-refractivity contribution in [2.75, 3.05) is 0 Å². The van der Waals surface area contributed by atoms with Crippen LogP contribution in [0.3, 0.4) is 0 Å². The van der Waals surface area contributed by atoms with Gasteiger partial charge in [-0.25, -0.2) is 14.4 Å². The molecule has 0 spiro atoms. The SMILES string of the molecule is Cc1cnc(-c2ccnc(C(C)(C)O)n2)cc1-n1c(C)cc(OCc2ncc(F)cc2C)c(Cl)c1=O. The Morgan fingerprint density at radius 3 is 2.50 bits per heavy atom. The van der Waals surface area contributed by atoms with Gasteiger partial charge in [0, 0.05) is 24.2 Å². The highest BCUT2D eigenvalue weighted by molar-refractivity contribution is 6.31. The Bertz CT molecular complexity index is 1510. The van der Waals surface area contributed by atoms with Crippen molar-refractivity contribution in [1.82, 2.24) is 24.5 Å². The molecular weight excluding hydrogens is 485 g/mol. The lowest BCUT2D eigenvalue weighted by Gasteiger charge is -2.18. The smallest absolute Gasteiger partial charge is 0.277 e. The number of halogens is 2. The molecule has 0 fully saturated rings. The maximum atomic E-state index is 13.3. The molecular formula is C26H25ClFN5O3. The monoisotopic (exact) mass is 509 g/mol. The number of aryl methyl sites for hydroxylation is 3. The van der Waals surface area contributed by atoms with Crippen LogP contribution in [-0.2, 0) is 12.2 Å². The van der Waals surface area contributed by atoms with E-state index in [2.05, 4.69) is 19.9 Å². The highest BCUT2D eigenvalue weighted by atomic mass is 35.5. The van der Waals surface area contributed by atoms with Gasteiger partial charge in [-0.2, -0.15) is 0 Å². The highest BCUT2D eigenvalue weighted by Gasteiger charge is 2.21. The lowest BCUT2D eigenvalue weighted by molar-refractivity contribution is 0.0688. The summed E-state index contributed by atoms with van der Waals surface area (Å²) >= 11 is 6.43. The average molecular weight is 510 g/mol. The van der Waals surface area contributed by atoms with Crippen LogP contribution < -0.4 is 10.3 Å². The lowest BCUT2D eigenvalue weighted by atomic mass is 10.1. The van der Waals surface area contributed by atoms with Gasteiger partial charge in [0.25, 0.3) is 5.56 Å². The van der Waals surface area contributed by atoms with Gasteiger partial charge < -0.3 is 9.84 Å². The zero-order valence-electron chi connectivity index (χ0n) is 20.5. The molecule has 0 saturated carbocycles. The predicted molar refractivity (Wildman–Crippen MR) is 134 cm³/mol. The zero-order chi connectivity index (χ0) is 26.2. The summed E-state index contributed by atoms with van der Waals surface area (Å²) in [5.74, 6) is 0.0317. The highest BCUT2D eigenvalue weighted by Crippen LogP contribution is 2.27. The van der Waals surface area contributed by atoms with E-state index < -0.39 is 17.0 Å². The van der Waals surface area contributed by atoms with Gasteiger partial charge in [-0.05, 0) is 63.9 Å². The molecule has 0 aliphatic rings. The van der Waals surface area contributed by atoms with Gasteiger partial charge in [0.05, 0.1) is 29.0 Å². The largest absolute Gasteiger partial charge is 0.485 e. The second-order valence-corrected chi connectivity index (χ2v) is 9.37. The van der Waals surface area contributed by atoms with Crippen molar-refractivity contribution < 1.29 is 14.2 Å². The third-order valence-corrected chi connectivity index (χ3v) is 5.95.